The van der Waals surface area contributed by atoms with Crippen molar-refractivity contribution in [2.45, 2.75) is 61.8 Å². The molecule has 0 aliphatic heterocycles. The molecule has 0 spiro atoms. The van der Waals surface area contributed by atoms with Crippen LogP contribution in [-0.4, -0.2) is 25.8 Å². The molecule has 3 heterocycles. The number of carbonyl (C=O) groups is 1. The molecule has 5 nitrogen and oxygen atoms in total. The first-order chi connectivity index (χ1) is 29.3. The van der Waals surface area contributed by atoms with Crippen LogP contribution in [0.1, 0.15) is 55.5 Å². The molecule has 0 atom stereocenters. The molecule has 2 radical (unpaired) electrons. The van der Waals surface area contributed by atoms with Crippen LogP contribution in [0.4, 0.5) is 0 Å². The largest absolute Gasteiger partial charge is 0.512 e. The summed E-state index contributed by atoms with van der Waals surface area (Å²) in [7, 11) is 0. The van der Waals surface area contributed by atoms with Gasteiger partial charge in [0.1, 0.15) is 0 Å². The summed E-state index contributed by atoms with van der Waals surface area (Å²) in [6.07, 6.45) is 5.91. The Hall–Kier alpha value is -5.68. The molecule has 0 saturated heterocycles. The van der Waals surface area contributed by atoms with E-state index in [1.807, 2.05) is 72.9 Å². The third kappa shape index (κ3) is 16.8. The molecule has 1 N–H and O–H groups in total. The van der Waals surface area contributed by atoms with Crippen molar-refractivity contribution in [3.8, 4) is 44.9 Å². The second-order valence-corrected chi connectivity index (χ2v) is 15.5. The number of hydrogen-bond acceptors (Lipinski definition) is 5. The quantitative estimate of drug-likeness (QED) is 0.0978. The van der Waals surface area contributed by atoms with Gasteiger partial charge in [0.05, 0.1) is 11.3 Å². The van der Waals surface area contributed by atoms with Crippen molar-refractivity contribution < 1.29 is 50.1 Å². The predicted octanol–water partition coefficient (Wildman–Crippen LogP) is 13.9. The van der Waals surface area contributed by atoms with Crippen LogP contribution in [0.25, 0.3) is 55.8 Å². The first kappa shape index (κ1) is 51.7. The van der Waals surface area contributed by atoms with E-state index in [1.54, 1.807) is 6.20 Å². The van der Waals surface area contributed by atoms with Gasteiger partial charge in [-0.3, -0.25) is 9.78 Å². The molecule has 0 bridgehead atoms. The van der Waals surface area contributed by atoms with Crippen LogP contribution in [0.15, 0.2) is 164 Å². The van der Waals surface area contributed by atoms with Gasteiger partial charge in [0.15, 0.2) is 5.78 Å². The molecule has 0 aliphatic rings. The van der Waals surface area contributed by atoms with E-state index in [0.29, 0.717) is 5.92 Å². The van der Waals surface area contributed by atoms with Crippen LogP contribution >= 0.6 is 0 Å². The zero-order valence-electron chi connectivity index (χ0n) is 37.2. The predicted molar refractivity (Wildman–Crippen MR) is 253 cm³/mol. The fraction of sp³-hybridized carbons (Fsp3) is 0.179. The molecule has 7 heteroatoms. The van der Waals surface area contributed by atoms with Crippen molar-refractivity contribution in [3.05, 3.63) is 210 Å². The van der Waals surface area contributed by atoms with E-state index in [-0.39, 0.29) is 51.8 Å². The number of aliphatic hydroxyl groups is 1. The van der Waals surface area contributed by atoms with Crippen LogP contribution in [0.5, 0.6) is 0 Å². The Bertz CT molecular complexity index is 2600. The standard InChI is InChI=1S/C21H22N.C19H16N.C11H8N.C5H8O2.2Ir/c1-14(2)10-17-6-5-7-21-19(17)8-9-20(22-21)18-12-15(3)11-16(4)13-18;1-14-10-15(2)12-18(11-14)17-8-9-20-19(13-17)16-6-4-3-5-7-16;1-2-6-10(7-3-1)11-8-4-5-9-12-11;1-4(6)3-5(2)7;;/h5-9,11-12,14H,10H2,1-4H3;3-6,8-13H,1-2H3;1-6,8-9H;3,6H,1-2H3;;/q3*-1;;;. The Balaban J connectivity index is 0.000000237. The normalized spacial score (nSPS) is 10.4. The summed E-state index contributed by atoms with van der Waals surface area (Å²) in [5, 5.41) is 9.63. The van der Waals surface area contributed by atoms with Gasteiger partial charge in [0, 0.05) is 64.1 Å². The maximum Gasteiger partial charge on any atom is 0.155 e. The summed E-state index contributed by atoms with van der Waals surface area (Å²) in [4.78, 5) is 23.5. The van der Waals surface area contributed by atoms with E-state index < -0.39 is 0 Å². The van der Waals surface area contributed by atoms with Crippen molar-refractivity contribution in [2.24, 2.45) is 5.92 Å². The third-order valence-electron chi connectivity index (χ3n) is 9.24. The Morgan fingerprint density at radius 2 is 1.25 bits per heavy atom. The molecule has 8 aromatic rings. The Kier molecular flexibility index (Phi) is 21.4. The molecule has 5 aromatic carbocycles. The van der Waals surface area contributed by atoms with E-state index in [1.165, 1.54) is 58.7 Å². The molecule has 0 aliphatic carbocycles. The molecule has 326 valence electrons. The minimum absolute atomic E-state index is 0. The number of aromatic nitrogens is 3. The number of ketones is 1. The molecule has 0 fully saturated rings. The van der Waals surface area contributed by atoms with Crippen LogP contribution in [0.2, 0.25) is 0 Å². The van der Waals surface area contributed by atoms with Crippen LogP contribution in [0, 0.1) is 51.8 Å². The number of fused-ring (bicyclic) bond motifs is 1. The maximum absolute atomic E-state index is 10.0. The van der Waals surface area contributed by atoms with E-state index in [2.05, 4.69) is 143 Å². The zero-order chi connectivity index (χ0) is 43.7. The summed E-state index contributed by atoms with van der Waals surface area (Å²) >= 11 is 0. The number of benzene rings is 5. The molecule has 3 aromatic heterocycles. The van der Waals surface area contributed by atoms with Gasteiger partial charge in [-0.1, -0.05) is 99.5 Å². The fourth-order valence-electron chi connectivity index (χ4n) is 6.84. The number of hydrogen-bond donors (Lipinski definition) is 1. The van der Waals surface area contributed by atoms with E-state index in [9.17, 15) is 4.79 Å². The van der Waals surface area contributed by atoms with Gasteiger partial charge in [-0.15, -0.1) is 107 Å². The summed E-state index contributed by atoms with van der Waals surface area (Å²) in [5.41, 5.74) is 15.9. The molecule has 0 amide bonds. The number of carbonyl (C=O) groups excluding carboxylic acids is 1. The molecular weight excluding hydrogens is 1130 g/mol. The molecular formula is C56H54Ir2N3O2-3. The van der Waals surface area contributed by atoms with Crippen molar-refractivity contribution in [3.63, 3.8) is 0 Å². The summed E-state index contributed by atoms with van der Waals surface area (Å²) < 4.78 is 0. The van der Waals surface area contributed by atoms with Gasteiger partial charge in [0.2, 0.25) is 0 Å². The molecule has 0 saturated carbocycles. The Morgan fingerprint density at radius 3 is 1.81 bits per heavy atom. The van der Waals surface area contributed by atoms with Gasteiger partial charge in [-0.2, -0.15) is 0 Å². The van der Waals surface area contributed by atoms with Gasteiger partial charge in [0.25, 0.3) is 0 Å². The number of rotatable bonds is 7. The summed E-state index contributed by atoms with van der Waals surface area (Å²) in [6, 6.07) is 57.2. The van der Waals surface area contributed by atoms with Gasteiger partial charge in [-0.05, 0) is 92.0 Å². The van der Waals surface area contributed by atoms with Gasteiger partial charge >= 0.3 is 0 Å². The van der Waals surface area contributed by atoms with Crippen LogP contribution in [0.3, 0.4) is 0 Å². The first-order valence-electron chi connectivity index (χ1n) is 20.5. The van der Waals surface area contributed by atoms with Crippen molar-refractivity contribution in [1.82, 2.24) is 15.0 Å². The van der Waals surface area contributed by atoms with Crippen molar-refractivity contribution in [2.75, 3.05) is 0 Å². The van der Waals surface area contributed by atoms with Crippen molar-refractivity contribution in [1.29, 1.82) is 0 Å². The Morgan fingerprint density at radius 1 is 0.619 bits per heavy atom. The average Bonchev–Trinajstić information content (AvgIpc) is 3.24. The second-order valence-electron chi connectivity index (χ2n) is 15.5. The van der Waals surface area contributed by atoms with E-state index >= 15 is 0 Å². The molecule has 63 heavy (non-hydrogen) atoms. The van der Waals surface area contributed by atoms with E-state index in [0.717, 1.165) is 51.3 Å². The molecule has 0 unspecified atom stereocenters. The zero-order valence-corrected chi connectivity index (χ0v) is 41.9. The maximum atomic E-state index is 10.0. The van der Waals surface area contributed by atoms with Crippen molar-refractivity contribution >= 4 is 16.7 Å². The average molecular weight is 1190 g/mol. The number of aryl methyl sites for hydroxylation is 4. The first-order valence-corrected chi connectivity index (χ1v) is 20.5. The monoisotopic (exact) mass is 1190 g/mol. The summed E-state index contributed by atoms with van der Waals surface area (Å²) in [5.74, 6) is 0.588. The minimum Gasteiger partial charge on any atom is -0.512 e. The minimum atomic E-state index is -0.125. The molecule has 8 rings (SSSR count). The van der Waals surface area contributed by atoms with Gasteiger partial charge < -0.3 is 15.1 Å². The van der Waals surface area contributed by atoms with Gasteiger partial charge in [-0.25, -0.2) is 0 Å². The number of pyridine rings is 3. The topological polar surface area (TPSA) is 76.0 Å². The smallest absolute Gasteiger partial charge is 0.155 e. The fourth-order valence-corrected chi connectivity index (χ4v) is 6.84. The number of aliphatic hydroxyl groups excluding tert-OH is 1. The van der Waals surface area contributed by atoms with E-state index in [4.69, 9.17) is 10.1 Å². The third-order valence-corrected chi connectivity index (χ3v) is 9.24. The van der Waals surface area contributed by atoms with Crippen LogP contribution in [-0.2, 0) is 51.4 Å². The number of nitrogens with zero attached hydrogens (tertiary/aromatic N) is 3. The summed E-state index contributed by atoms with van der Waals surface area (Å²) in [6.45, 7) is 15.8. The Labute approximate surface area is 401 Å². The second kappa shape index (κ2) is 26.1. The SMILES string of the molecule is CC(=O)C=C(C)O.Cc1[c-]c(-c2ccc3c(CC(C)C)cccc3n2)cc(C)c1.Cc1cc(C)cc(-c2ccnc(-c3[c-]cccc3)c2)c1.[Ir].[Ir].[c-]1ccccc1-c1ccccn1. The van der Waals surface area contributed by atoms with Crippen LogP contribution < -0.4 is 0 Å². The number of allylic oxidation sites excluding steroid dienone is 2.